The van der Waals surface area contributed by atoms with Gasteiger partial charge in [0.05, 0.1) is 18.8 Å². The maximum absolute atomic E-state index is 6.10. The minimum atomic E-state index is 0.0260. The smallest absolute Gasteiger partial charge is 0.0772 e. The van der Waals surface area contributed by atoms with Gasteiger partial charge in [-0.25, -0.2) is 0 Å². The van der Waals surface area contributed by atoms with Crippen molar-refractivity contribution in [2.45, 2.75) is 51.2 Å². The van der Waals surface area contributed by atoms with Gasteiger partial charge in [0.15, 0.2) is 0 Å². The first-order chi connectivity index (χ1) is 7.29. The lowest BCUT2D eigenvalue weighted by Gasteiger charge is -2.32. The Morgan fingerprint density at radius 3 is 2.47 bits per heavy atom. The minimum absolute atomic E-state index is 0.0260. The Bertz CT molecular complexity index is 158. The lowest BCUT2D eigenvalue weighted by molar-refractivity contribution is -0.00775. The highest BCUT2D eigenvalue weighted by Gasteiger charge is 2.28. The van der Waals surface area contributed by atoms with Gasteiger partial charge < -0.3 is 15.2 Å². The SMILES string of the molecule is CCOCC(N)C(OC)C1CCCCC1. The fraction of sp³-hybridized carbons (Fsp3) is 1.00. The summed E-state index contributed by atoms with van der Waals surface area (Å²) in [7, 11) is 1.77. The molecule has 2 atom stereocenters. The Hall–Kier alpha value is -0.120. The Kier molecular flexibility index (Phi) is 6.22. The van der Waals surface area contributed by atoms with E-state index in [-0.39, 0.29) is 12.1 Å². The molecule has 0 saturated heterocycles. The molecular formula is C12H25NO2. The van der Waals surface area contributed by atoms with Crippen molar-refractivity contribution in [1.82, 2.24) is 0 Å². The van der Waals surface area contributed by atoms with Crippen LogP contribution in [0, 0.1) is 5.92 Å². The molecule has 15 heavy (non-hydrogen) atoms. The first-order valence-corrected chi connectivity index (χ1v) is 6.15. The van der Waals surface area contributed by atoms with Gasteiger partial charge >= 0.3 is 0 Å². The number of rotatable bonds is 6. The van der Waals surface area contributed by atoms with Crippen LogP contribution in [-0.4, -0.2) is 32.5 Å². The fourth-order valence-corrected chi connectivity index (χ4v) is 2.53. The molecule has 0 spiro atoms. The van der Waals surface area contributed by atoms with Gasteiger partial charge in [0, 0.05) is 13.7 Å². The van der Waals surface area contributed by atoms with Crippen molar-refractivity contribution in [1.29, 1.82) is 0 Å². The van der Waals surface area contributed by atoms with E-state index >= 15 is 0 Å². The van der Waals surface area contributed by atoms with Crippen LogP contribution in [0.5, 0.6) is 0 Å². The van der Waals surface area contributed by atoms with Crippen LogP contribution < -0.4 is 5.73 Å². The molecule has 1 aliphatic rings. The van der Waals surface area contributed by atoms with Crippen molar-refractivity contribution in [3.05, 3.63) is 0 Å². The molecule has 2 unspecified atom stereocenters. The molecule has 1 rings (SSSR count). The Morgan fingerprint density at radius 2 is 1.93 bits per heavy atom. The minimum Gasteiger partial charge on any atom is -0.380 e. The van der Waals surface area contributed by atoms with Crippen molar-refractivity contribution in [2.75, 3.05) is 20.3 Å². The Morgan fingerprint density at radius 1 is 1.27 bits per heavy atom. The third-order valence-corrected chi connectivity index (χ3v) is 3.32. The number of hydrogen-bond acceptors (Lipinski definition) is 3. The highest BCUT2D eigenvalue weighted by atomic mass is 16.5. The second-order valence-electron chi connectivity index (χ2n) is 4.42. The van der Waals surface area contributed by atoms with E-state index < -0.39 is 0 Å². The lowest BCUT2D eigenvalue weighted by Crippen LogP contribution is -2.45. The molecule has 1 aliphatic carbocycles. The van der Waals surface area contributed by atoms with Crippen LogP contribution in [0.3, 0.4) is 0 Å². The van der Waals surface area contributed by atoms with Crippen LogP contribution in [0.4, 0.5) is 0 Å². The predicted molar refractivity (Wildman–Crippen MR) is 61.8 cm³/mol. The van der Waals surface area contributed by atoms with E-state index in [1.165, 1.54) is 32.1 Å². The summed E-state index contributed by atoms with van der Waals surface area (Å²) in [6, 6.07) is 0.0260. The van der Waals surface area contributed by atoms with E-state index in [0.717, 1.165) is 6.61 Å². The van der Waals surface area contributed by atoms with E-state index in [1.54, 1.807) is 7.11 Å². The summed E-state index contributed by atoms with van der Waals surface area (Å²) < 4.78 is 10.9. The zero-order valence-corrected chi connectivity index (χ0v) is 10.1. The number of hydrogen-bond donors (Lipinski definition) is 1. The van der Waals surface area contributed by atoms with Crippen LogP contribution in [0.15, 0.2) is 0 Å². The van der Waals surface area contributed by atoms with Gasteiger partial charge in [0.2, 0.25) is 0 Å². The van der Waals surface area contributed by atoms with Crippen molar-refractivity contribution >= 4 is 0 Å². The van der Waals surface area contributed by atoms with Crippen LogP contribution in [0.2, 0.25) is 0 Å². The Labute approximate surface area is 93.3 Å². The molecule has 3 nitrogen and oxygen atoms in total. The van der Waals surface area contributed by atoms with Gasteiger partial charge in [0.1, 0.15) is 0 Å². The zero-order valence-electron chi connectivity index (χ0n) is 10.1. The molecule has 0 aromatic carbocycles. The topological polar surface area (TPSA) is 44.5 Å². The van der Waals surface area contributed by atoms with Gasteiger partial charge in [0.25, 0.3) is 0 Å². The maximum Gasteiger partial charge on any atom is 0.0772 e. The molecule has 0 aromatic rings. The number of ether oxygens (including phenoxy) is 2. The molecule has 0 aliphatic heterocycles. The van der Waals surface area contributed by atoms with Crippen molar-refractivity contribution < 1.29 is 9.47 Å². The predicted octanol–water partition coefficient (Wildman–Crippen LogP) is 1.95. The molecule has 0 amide bonds. The van der Waals surface area contributed by atoms with E-state index in [4.69, 9.17) is 15.2 Å². The highest BCUT2D eigenvalue weighted by molar-refractivity contribution is 4.82. The molecule has 1 saturated carbocycles. The molecule has 0 bridgehead atoms. The third kappa shape index (κ3) is 4.09. The summed E-state index contributed by atoms with van der Waals surface area (Å²) in [5.41, 5.74) is 6.10. The summed E-state index contributed by atoms with van der Waals surface area (Å²) >= 11 is 0. The largest absolute Gasteiger partial charge is 0.380 e. The highest BCUT2D eigenvalue weighted by Crippen LogP contribution is 2.28. The fourth-order valence-electron chi connectivity index (χ4n) is 2.53. The number of methoxy groups -OCH3 is 1. The van der Waals surface area contributed by atoms with E-state index in [2.05, 4.69) is 0 Å². The van der Waals surface area contributed by atoms with Gasteiger partial charge in [-0.15, -0.1) is 0 Å². The summed E-state index contributed by atoms with van der Waals surface area (Å²) in [6.45, 7) is 3.34. The summed E-state index contributed by atoms with van der Waals surface area (Å²) in [5.74, 6) is 0.638. The van der Waals surface area contributed by atoms with E-state index in [0.29, 0.717) is 12.5 Å². The van der Waals surface area contributed by atoms with Gasteiger partial charge in [-0.3, -0.25) is 0 Å². The first kappa shape index (κ1) is 12.9. The van der Waals surface area contributed by atoms with Crippen LogP contribution in [-0.2, 0) is 9.47 Å². The molecule has 2 N–H and O–H groups in total. The van der Waals surface area contributed by atoms with Crippen molar-refractivity contribution in [3.8, 4) is 0 Å². The van der Waals surface area contributed by atoms with E-state index in [1.807, 2.05) is 6.92 Å². The third-order valence-electron chi connectivity index (χ3n) is 3.32. The summed E-state index contributed by atoms with van der Waals surface area (Å²) in [6.07, 6.45) is 6.72. The standard InChI is InChI=1S/C12H25NO2/c1-3-15-9-11(13)12(14-2)10-7-5-4-6-8-10/h10-12H,3-9,13H2,1-2H3. The molecular weight excluding hydrogens is 190 g/mol. The molecule has 1 fully saturated rings. The normalized spacial score (nSPS) is 22.6. The van der Waals surface area contributed by atoms with Crippen LogP contribution >= 0.6 is 0 Å². The lowest BCUT2D eigenvalue weighted by atomic mass is 9.83. The number of nitrogens with two attached hydrogens (primary N) is 1. The quantitative estimate of drug-likeness (QED) is 0.736. The van der Waals surface area contributed by atoms with Gasteiger partial charge in [-0.1, -0.05) is 19.3 Å². The molecule has 0 heterocycles. The summed E-state index contributed by atoms with van der Waals surface area (Å²) in [4.78, 5) is 0. The van der Waals surface area contributed by atoms with E-state index in [9.17, 15) is 0 Å². The maximum atomic E-state index is 6.10. The first-order valence-electron chi connectivity index (χ1n) is 6.15. The van der Waals surface area contributed by atoms with Crippen molar-refractivity contribution in [2.24, 2.45) is 11.7 Å². The average molecular weight is 215 g/mol. The molecule has 90 valence electrons. The van der Waals surface area contributed by atoms with Gasteiger partial charge in [-0.05, 0) is 25.7 Å². The van der Waals surface area contributed by atoms with Crippen LogP contribution in [0.25, 0.3) is 0 Å². The van der Waals surface area contributed by atoms with Crippen molar-refractivity contribution in [3.63, 3.8) is 0 Å². The van der Waals surface area contributed by atoms with Gasteiger partial charge in [-0.2, -0.15) is 0 Å². The molecule has 0 radical (unpaired) electrons. The monoisotopic (exact) mass is 215 g/mol. The molecule has 3 heteroatoms. The second-order valence-corrected chi connectivity index (χ2v) is 4.42. The Balaban J connectivity index is 2.37. The second kappa shape index (κ2) is 7.20. The molecule has 0 aromatic heterocycles. The summed E-state index contributed by atoms with van der Waals surface area (Å²) in [5, 5.41) is 0. The zero-order chi connectivity index (χ0) is 11.1. The average Bonchev–Trinajstić information content (AvgIpc) is 2.29. The van der Waals surface area contributed by atoms with Crippen LogP contribution in [0.1, 0.15) is 39.0 Å².